The van der Waals surface area contributed by atoms with E-state index in [-0.39, 0.29) is 12.4 Å². The Labute approximate surface area is 94.4 Å². The number of aromatic nitrogens is 4. The van der Waals surface area contributed by atoms with Crippen molar-refractivity contribution in [2.45, 2.75) is 0 Å². The number of carbonyl (C=O) groups is 2. The van der Waals surface area contributed by atoms with Crippen molar-refractivity contribution in [2.75, 3.05) is 11.9 Å². The van der Waals surface area contributed by atoms with Crippen LogP contribution in [-0.4, -0.2) is 38.5 Å². The van der Waals surface area contributed by atoms with Gasteiger partial charge in [0.05, 0.1) is 12.9 Å². The molecule has 88 valence electrons. The van der Waals surface area contributed by atoms with E-state index in [1.54, 1.807) is 0 Å². The maximum Gasteiger partial charge on any atom is 0.420 e. The van der Waals surface area contributed by atoms with Gasteiger partial charge in [-0.2, -0.15) is 0 Å². The predicted molar refractivity (Wildman–Crippen MR) is 55.8 cm³/mol. The monoisotopic (exact) mass is 236 g/mol. The summed E-state index contributed by atoms with van der Waals surface area (Å²) in [5.41, 5.74) is 5.82. The normalized spacial score (nSPS) is 10.2. The molecule has 0 aliphatic rings. The van der Waals surface area contributed by atoms with E-state index < -0.39 is 12.1 Å². The van der Waals surface area contributed by atoms with E-state index in [4.69, 9.17) is 5.73 Å². The zero-order valence-electron chi connectivity index (χ0n) is 8.51. The molecule has 2 aromatic heterocycles. The van der Waals surface area contributed by atoms with Crippen LogP contribution in [0.2, 0.25) is 0 Å². The molecule has 0 fully saturated rings. The van der Waals surface area contributed by atoms with Gasteiger partial charge in [0.15, 0.2) is 11.5 Å². The first-order chi connectivity index (χ1) is 8.20. The van der Waals surface area contributed by atoms with Gasteiger partial charge in [-0.3, -0.25) is 10.1 Å². The Kier molecular flexibility index (Phi) is 2.92. The summed E-state index contributed by atoms with van der Waals surface area (Å²) in [7, 11) is 0. The number of rotatable bonds is 2. The maximum atomic E-state index is 11.2. The lowest BCUT2D eigenvalue weighted by atomic mass is 10.5. The Morgan fingerprint density at radius 2 is 2.24 bits per heavy atom. The third kappa shape index (κ3) is 2.34. The van der Waals surface area contributed by atoms with E-state index in [0.29, 0.717) is 11.2 Å². The zero-order valence-corrected chi connectivity index (χ0v) is 8.51. The van der Waals surface area contributed by atoms with Gasteiger partial charge in [0.2, 0.25) is 0 Å². The predicted octanol–water partition coefficient (Wildman–Crippen LogP) is -0.613. The first-order valence-electron chi connectivity index (χ1n) is 4.56. The summed E-state index contributed by atoms with van der Waals surface area (Å²) in [5.74, 6) is -0.667. The second kappa shape index (κ2) is 4.53. The zero-order chi connectivity index (χ0) is 12.3. The van der Waals surface area contributed by atoms with Crippen LogP contribution in [0.4, 0.5) is 10.6 Å². The number of amides is 1. The highest BCUT2D eigenvalue weighted by atomic mass is 16.6. The SMILES string of the molecule is NCC(=O)OC(=O)Nc1ncnc2nc[nH]c12. The number of hydrogen-bond acceptors (Lipinski definition) is 7. The van der Waals surface area contributed by atoms with Gasteiger partial charge < -0.3 is 15.5 Å². The first-order valence-corrected chi connectivity index (χ1v) is 4.56. The number of esters is 1. The first kappa shape index (κ1) is 11.0. The molecule has 0 bridgehead atoms. The summed E-state index contributed by atoms with van der Waals surface area (Å²) in [6.07, 6.45) is 1.67. The number of aromatic amines is 1. The van der Waals surface area contributed by atoms with E-state index in [1.807, 2.05) is 0 Å². The summed E-state index contributed by atoms with van der Waals surface area (Å²) in [5, 5.41) is 2.28. The van der Waals surface area contributed by atoms with Crippen LogP contribution in [0.5, 0.6) is 0 Å². The highest BCUT2D eigenvalue weighted by molar-refractivity contribution is 5.97. The summed E-state index contributed by atoms with van der Waals surface area (Å²) < 4.78 is 4.32. The number of carbonyl (C=O) groups excluding carboxylic acids is 2. The Morgan fingerprint density at radius 1 is 1.41 bits per heavy atom. The summed E-state index contributed by atoms with van der Waals surface area (Å²) in [6, 6.07) is 0. The van der Waals surface area contributed by atoms with Crippen LogP contribution in [0, 0.1) is 0 Å². The third-order valence-corrected chi connectivity index (χ3v) is 1.82. The van der Waals surface area contributed by atoms with Crippen molar-refractivity contribution in [1.29, 1.82) is 0 Å². The molecule has 4 N–H and O–H groups in total. The molecule has 2 aromatic rings. The van der Waals surface area contributed by atoms with Gasteiger partial charge in [-0.15, -0.1) is 0 Å². The molecular weight excluding hydrogens is 228 g/mol. The maximum absolute atomic E-state index is 11.2. The highest BCUT2D eigenvalue weighted by Crippen LogP contribution is 2.14. The van der Waals surface area contributed by atoms with E-state index >= 15 is 0 Å². The lowest BCUT2D eigenvalue weighted by molar-refractivity contribution is -0.135. The van der Waals surface area contributed by atoms with Gasteiger partial charge in [0.1, 0.15) is 11.8 Å². The summed E-state index contributed by atoms with van der Waals surface area (Å²) in [6.45, 7) is -0.378. The summed E-state index contributed by atoms with van der Waals surface area (Å²) >= 11 is 0. The number of imidazole rings is 1. The molecule has 1 amide bonds. The number of nitrogens with two attached hydrogens (primary N) is 1. The fourth-order valence-corrected chi connectivity index (χ4v) is 1.13. The lowest BCUT2D eigenvalue weighted by Crippen LogP contribution is -2.24. The van der Waals surface area contributed by atoms with Crippen molar-refractivity contribution >= 4 is 29.0 Å². The van der Waals surface area contributed by atoms with Gasteiger partial charge in [-0.05, 0) is 0 Å². The second-order valence-electron chi connectivity index (χ2n) is 2.91. The number of anilines is 1. The molecule has 0 aliphatic heterocycles. The summed E-state index contributed by atoms with van der Waals surface area (Å²) in [4.78, 5) is 36.3. The molecule has 9 nitrogen and oxygen atoms in total. The van der Waals surface area contributed by atoms with Crippen LogP contribution in [0.1, 0.15) is 0 Å². The van der Waals surface area contributed by atoms with Crippen LogP contribution >= 0.6 is 0 Å². The van der Waals surface area contributed by atoms with Gasteiger partial charge in [-0.25, -0.2) is 19.7 Å². The van der Waals surface area contributed by atoms with Gasteiger partial charge in [-0.1, -0.05) is 0 Å². The molecule has 17 heavy (non-hydrogen) atoms. The van der Waals surface area contributed by atoms with Crippen molar-refractivity contribution in [1.82, 2.24) is 19.9 Å². The van der Waals surface area contributed by atoms with E-state index in [0.717, 1.165) is 0 Å². The molecule has 0 unspecified atom stereocenters. The van der Waals surface area contributed by atoms with Crippen molar-refractivity contribution < 1.29 is 14.3 Å². The van der Waals surface area contributed by atoms with Gasteiger partial charge in [0, 0.05) is 0 Å². The number of H-pyrrole nitrogens is 1. The molecule has 2 rings (SSSR count). The second-order valence-corrected chi connectivity index (χ2v) is 2.91. The average molecular weight is 236 g/mol. The molecule has 2 heterocycles. The van der Waals surface area contributed by atoms with Crippen molar-refractivity contribution in [2.24, 2.45) is 5.73 Å². The Bertz CT molecular complexity index is 565. The number of ether oxygens (including phenoxy) is 1. The lowest BCUT2D eigenvalue weighted by Gasteiger charge is -2.03. The number of nitrogens with zero attached hydrogens (tertiary/aromatic N) is 3. The Hall–Kier alpha value is -2.55. The highest BCUT2D eigenvalue weighted by Gasteiger charge is 2.12. The smallest absolute Gasteiger partial charge is 0.375 e. The van der Waals surface area contributed by atoms with E-state index in [9.17, 15) is 9.59 Å². The quantitative estimate of drug-likeness (QED) is 0.467. The van der Waals surface area contributed by atoms with Crippen molar-refractivity contribution in [3.8, 4) is 0 Å². The molecule has 0 atom stereocenters. The van der Waals surface area contributed by atoms with Crippen LogP contribution in [0.25, 0.3) is 11.2 Å². The molecular formula is C8H8N6O3. The van der Waals surface area contributed by atoms with Crippen molar-refractivity contribution in [3.05, 3.63) is 12.7 Å². The van der Waals surface area contributed by atoms with E-state index in [2.05, 4.69) is 30.0 Å². The molecule has 0 aliphatic carbocycles. The Morgan fingerprint density at radius 3 is 3.00 bits per heavy atom. The number of nitrogens with one attached hydrogen (secondary N) is 2. The fraction of sp³-hybridized carbons (Fsp3) is 0.125. The number of fused-ring (bicyclic) bond motifs is 1. The van der Waals surface area contributed by atoms with Crippen LogP contribution in [0.3, 0.4) is 0 Å². The Balaban J connectivity index is 2.15. The molecule has 9 heteroatoms. The largest absolute Gasteiger partial charge is 0.420 e. The minimum atomic E-state index is -0.963. The van der Waals surface area contributed by atoms with Gasteiger partial charge in [0.25, 0.3) is 0 Å². The molecule has 0 saturated heterocycles. The minimum absolute atomic E-state index is 0.169. The van der Waals surface area contributed by atoms with Crippen LogP contribution in [0.15, 0.2) is 12.7 Å². The molecule has 0 aromatic carbocycles. The van der Waals surface area contributed by atoms with E-state index in [1.165, 1.54) is 12.7 Å². The van der Waals surface area contributed by atoms with Crippen LogP contribution < -0.4 is 11.1 Å². The number of hydrogen-bond donors (Lipinski definition) is 3. The van der Waals surface area contributed by atoms with Gasteiger partial charge >= 0.3 is 12.1 Å². The van der Waals surface area contributed by atoms with Crippen LogP contribution in [-0.2, 0) is 9.53 Å². The standard InChI is InChI=1S/C8H8N6O3/c9-1-4(15)17-8(16)14-7-5-6(11-2-10-5)12-3-13-7/h2-3H,1,9H2,(H2,10,11,12,13,14,16). The molecule has 0 saturated carbocycles. The third-order valence-electron chi connectivity index (χ3n) is 1.82. The fourth-order valence-electron chi connectivity index (χ4n) is 1.13. The topological polar surface area (TPSA) is 136 Å². The van der Waals surface area contributed by atoms with Crippen molar-refractivity contribution in [3.63, 3.8) is 0 Å². The molecule has 0 radical (unpaired) electrons. The average Bonchev–Trinajstić information content (AvgIpc) is 2.78. The molecule has 0 spiro atoms. The minimum Gasteiger partial charge on any atom is -0.375 e.